The second-order valence-corrected chi connectivity index (χ2v) is 17.0. The fourth-order valence-corrected chi connectivity index (χ4v) is 11.2. The van der Waals surface area contributed by atoms with E-state index in [1.165, 1.54) is 119 Å². The van der Waals surface area contributed by atoms with Crippen LogP contribution in [0.15, 0.2) is 182 Å². The summed E-state index contributed by atoms with van der Waals surface area (Å²) < 4.78 is 2.72. The average molecular weight is 729 g/mol. The summed E-state index contributed by atoms with van der Waals surface area (Å²) in [6.07, 6.45) is 0. The summed E-state index contributed by atoms with van der Waals surface area (Å²) in [6.45, 7) is 4.82. The predicted molar refractivity (Wildman–Crippen MR) is 243 cm³/mol. The number of hydrogen-bond donors (Lipinski definition) is 0. The molecule has 0 bridgehead atoms. The Labute approximate surface area is 329 Å². The Balaban J connectivity index is 1.08. The molecular weight excluding hydrogens is 693 g/mol. The van der Waals surface area contributed by atoms with Gasteiger partial charge in [-0.1, -0.05) is 166 Å². The minimum atomic E-state index is -0.128. The van der Waals surface area contributed by atoms with Crippen molar-refractivity contribution in [2.45, 2.75) is 19.3 Å². The fraction of sp³-hybridized carbons (Fsp3) is 0.0545. The summed E-state index contributed by atoms with van der Waals surface area (Å²) in [4.78, 5) is 0. The van der Waals surface area contributed by atoms with E-state index in [2.05, 4.69) is 196 Å². The monoisotopic (exact) mass is 728 g/mol. The van der Waals surface area contributed by atoms with Crippen molar-refractivity contribution in [2.24, 2.45) is 0 Å². The van der Waals surface area contributed by atoms with E-state index >= 15 is 0 Å². The van der Waals surface area contributed by atoms with Crippen LogP contribution in [0.4, 0.5) is 0 Å². The summed E-state index contributed by atoms with van der Waals surface area (Å²) in [5.74, 6) is 0. The van der Waals surface area contributed by atoms with Gasteiger partial charge in [0, 0.05) is 25.6 Å². The molecule has 12 rings (SSSR count). The van der Waals surface area contributed by atoms with E-state index in [1.807, 2.05) is 11.3 Å². The molecule has 11 aromatic rings. The zero-order valence-electron chi connectivity index (χ0n) is 31.2. The van der Waals surface area contributed by atoms with E-state index < -0.39 is 0 Å². The van der Waals surface area contributed by atoms with Crippen molar-refractivity contribution in [2.75, 3.05) is 0 Å². The quantitative estimate of drug-likeness (QED) is 0.126. The largest absolute Gasteiger partial charge is 0.135 e. The lowest BCUT2D eigenvalue weighted by Crippen LogP contribution is -2.15. The van der Waals surface area contributed by atoms with Gasteiger partial charge in [-0.05, 0) is 129 Å². The fourth-order valence-electron chi connectivity index (χ4n) is 10.1. The summed E-state index contributed by atoms with van der Waals surface area (Å²) in [5, 5.41) is 13.0. The Kier molecular flexibility index (Phi) is 6.66. The first-order chi connectivity index (χ1) is 27.5. The zero-order valence-corrected chi connectivity index (χ0v) is 32.0. The normalized spacial score (nSPS) is 13.3. The third kappa shape index (κ3) is 4.41. The second kappa shape index (κ2) is 11.7. The van der Waals surface area contributed by atoms with E-state index in [9.17, 15) is 0 Å². The van der Waals surface area contributed by atoms with Crippen molar-refractivity contribution in [3.05, 3.63) is 193 Å². The third-order valence-electron chi connectivity index (χ3n) is 12.6. The van der Waals surface area contributed by atoms with E-state index in [4.69, 9.17) is 0 Å². The van der Waals surface area contributed by atoms with Gasteiger partial charge in [-0.3, -0.25) is 0 Å². The van der Waals surface area contributed by atoms with Gasteiger partial charge in [0.1, 0.15) is 0 Å². The van der Waals surface area contributed by atoms with E-state index in [0.717, 1.165) is 0 Å². The Bertz CT molecular complexity index is 3390. The predicted octanol–water partition coefficient (Wildman–Crippen LogP) is 16.0. The number of fused-ring (bicyclic) bond motifs is 12. The van der Waals surface area contributed by atoms with Crippen LogP contribution in [0.2, 0.25) is 0 Å². The molecule has 56 heavy (non-hydrogen) atoms. The van der Waals surface area contributed by atoms with E-state index in [1.54, 1.807) is 0 Å². The van der Waals surface area contributed by atoms with Crippen LogP contribution in [-0.4, -0.2) is 0 Å². The zero-order chi connectivity index (χ0) is 37.1. The number of benzene rings is 10. The topological polar surface area (TPSA) is 0 Å². The number of thiophene rings is 1. The van der Waals surface area contributed by atoms with Gasteiger partial charge in [-0.25, -0.2) is 0 Å². The van der Waals surface area contributed by atoms with Gasteiger partial charge < -0.3 is 0 Å². The molecule has 0 aliphatic heterocycles. The standard InChI is InChI=1S/C55H36S/c1-55(2)47-28-29-50-54(45-24-11-12-25-49(45)56-50)53(47)44-27-26-36(32-48(44)55)52-42-22-9-7-20-40(42)51(41-21-8-10-23-43(41)52)35-16-13-15-33(30-35)46-31-34-14-3-4-17-37(34)38-18-5-6-19-39(38)46/h3-32H,1-2H3. The molecule has 0 amide bonds. The lowest BCUT2D eigenvalue weighted by atomic mass is 9.80. The van der Waals surface area contributed by atoms with E-state index in [-0.39, 0.29) is 5.41 Å². The summed E-state index contributed by atoms with van der Waals surface area (Å²) in [6, 6.07) is 68.2. The Morgan fingerprint density at radius 1 is 0.339 bits per heavy atom. The van der Waals surface area contributed by atoms with Gasteiger partial charge in [0.25, 0.3) is 0 Å². The van der Waals surface area contributed by atoms with Crippen LogP contribution in [0.3, 0.4) is 0 Å². The molecule has 0 nitrogen and oxygen atoms in total. The van der Waals surface area contributed by atoms with Crippen LogP contribution in [0.25, 0.3) is 108 Å². The number of rotatable bonds is 3. The minimum absolute atomic E-state index is 0.128. The molecule has 1 heterocycles. The molecule has 1 aliphatic carbocycles. The van der Waals surface area contributed by atoms with Crippen LogP contribution in [0.1, 0.15) is 25.0 Å². The van der Waals surface area contributed by atoms with Crippen molar-refractivity contribution < 1.29 is 0 Å². The molecule has 0 N–H and O–H groups in total. The van der Waals surface area contributed by atoms with Gasteiger partial charge in [-0.2, -0.15) is 0 Å². The Hall–Kier alpha value is -6.54. The molecule has 0 spiro atoms. The highest BCUT2D eigenvalue weighted by Gasteiger charge is 2.37. The Morgan fingerprint density at radius 3 is 1.62 bits per heavy atom. The molecule has 0 saturated heterocycles. The second-order valence-electron chi connectivity index (χ2n) is 16.0. The lowest BCUT2D eigenvalue weighted by Gasteiger charge is -2.23. The molecule has 10 aromatic carbocycles. The molecule has 1 aliphatic rings. The third-order valence-corrected chi connectivity index (χ3v) is 13.8. The van der Waals surface area contributed by atoms with Crippen molar-refractivity contribution >= 4 is 74.6 Å². The SMILES string of the molecule is CC1(C)c2cc(-c3c4ccccc4c(-c4cccc(-c5cc6ccccc6c6ccccc56)c4)c4ccccc34)ccc2-c2c1ccc1sc3ccccc3c21. The van der Waals surface area contributed by atoms with Crippen molar-refractivity contribution in [3.63, 3.8) is 0 Å². The molecule has 0 fully saturated rings. The molecular formula is C55H36S. The maximum atomic E-state index is 2.51. The molecule has 0 radical (unpaired) electrons. The van der Waals surface area contributed by atoms with Crippen molar-refractivity contribution in [1.82, 2.24) is 0 Å². The maximum absolute atomic E-state index is 2.51. The van der Waals surface area contributed by atoms with Crippen LogP contribution < -0.4 is 0 Å². The highest BCUT2D eigenvalue weighted by Crippen LogP contribution is 2.55. The molecule has 262 valence electrons. The van der Waals surface area contributed by atoms with Crippen LogP contribution in [0, 0.1) is 0 Å². The van der Waals surface area contributed by atoms with Gasteiger partial charge in [0.2, 0.25) is 0 Å². The van der Waals surface area contributed by atoms with E-state index in [0.29, 0.717) is 0 Å². The summed E-state index contributed by atoms with van der Waals surface area (Å²) in [5.41, 5.74) is 13.1. The van der Waals surface area contributed by atoms with Crippen LogP contribution in [-0.2, 0) is 5.41 Å². The van der Waals surface area contributed by atoms with Gasteiger partial charge in [0.05, 0.1) is 0 Å². The molecule has 1 aromatic heterocycles. The van der Waals surface area contributed by atoms with Gasteiger partial charge in [0.15, 0.2) is 0 Å². The van der Waals surface area contributed by atoms with Crippen molar-refractivity contribution in [3.8, 4) is 44.5 Å². The highest BCUT2D eigenvalue weighted by molar-refractivity contribution is 7.26. The molecule has 0 atom stereocenters. The average Bonchev–Trinajstić information content (AvgIpc) is 3.74. The summed E-state index contributed by atoms with van der Waals surface area (Å²) in [7, 11) is 0. The van der Waals surface area contributed by atoms with Gasteiger partial charge in [-0.15, -0.1) is 11.3 Å². The minimum Gasteiger partial charge on any atom is -0.135 e. The van der Waals surface area contributed by atoms with Crippen LogP contribution in [0.5, 0.6) is 0 Å². The lowest BCUT2D eigenvalue weighted by molar-refractivity contribution is 0.661. The molecule has 0 saturated carbocycles. The smallest absolute Gasteiger partial charge is 0.0361 e. The number of hydrogen-bond acceptors (Lipinski definition) is 1. The first kappa shape index (κ1) is 31.8. The maximum Gasteiger partial charge on any atom is 0.0361 e. The first-order valence-corrected chi connectivity index (χ1v) is 20.4. The highest BCUT2D eigenvalue weighted by atomic mass is 32.1. The van der Waals surface area contributed by atoms with Gasteiger partial charge >= 0.3 is 0 Å². The molecule has 1 heteroatoms. The first-order valence-electron chi connectivity index (χ1n) is 19.6. The Morgan fingerprint density at radius 2 is 0.911 bits per heavy atom. The molecule has 0 unspecified atom stereocenters. The summed E-state index contributed by atoms with van der Waals surface area (Å²) >= 11 is 1.90. The van der Waals surface area contributed by atoms with Crippen molar-refractivity contribution in [1.29, 1.82) is 0 Å². The van der Waals surface area contributed by atoms with Crippen LogP contribution >= 0.6 is 11.3 Å².